The van der Waals surface area contributed by atoms with E-state index in [-0.39, 0.29) is 55.8 Å². The summed E-state index contributed by atoms with van der Waals surface area (Å²) in [6.45, 7) is 6.48. The van der Waals surface area contributed by atoms with Crippen LogP contribution in [0.5, 0.6) is 0 Å². The molecule has 0 aliphatic carbocycles. The van der Waals surface area contributed by atoms with Gasteiger partial charge in [0.05, 0.1) is 0 Å². The second-order valence-corrected chi connectivity index (χ2v) is 3.94. The molecule has 0 spiro atoms. The van der Waals surface area contributed by atoms with Crippen LogP contribution in [-0.2, 0) is 18.6 Å². The number of hydrogen-bond acceptors (Lipinski definition) is 0. The van der Waals surface area contributed by atoms with Crippen LogP contribution >= 0.6 is 0 Å². The monoisotopic (exact) mass is 339 g/mol. The first-order valence-electron chi connectivity index (χ1n) is 4.98. The van der Waals surface area contributed by atoms with Gasteiger partial charge in [-0.15, -0.1) is 0 Å². The van der Waals surface area contributed by atoms with Crippen LogP contribution in [0.2, 0.25) is 0 Å². The Morgan fingerprint density at radius 3 is 1.78 bits per heavy atom. The molecule has 0 aromatic heterocycles. The van der Waals surface area contributed by atoms with Gasteiger partial charge in [-0.25, -0.2) is 6.07 Å². The zero-order valence-electron chi connectivity index (χ0n) is 10.5. The minimum atomic E-state index is 0. The Morgan fingerprint density at radius 2 is 1.39 bits per heavy atom. The third-order valence-corrected chi connectivity index (χ3v) is 2.68. The molecular weight excluding hydrogens is 325 g/mol. The zero-order chi connectivity index (χ0) is 10.1. The summed E-state index contributed by atoms with van der Waals surface area (Å²) in [5.74, 6) is 0. The van der Waals surface area contributed by atoms with Crippen LogP contribution < -0.4 is 37.2 Å². The Morgan fingerprint density at radius 1 is 0.889 bits per heavy atom. The Balaban J connectivity index is -0.000000562. The molecule has 0 nitrogen and oxygen atoms in total. The van der Waals surface area contributed by atoms with Crippen molar-refractivity contribution in [3.05, 3.63) is 53.1 Å². The van der Waals surface area contributed by atoms with E-state index in [4.69, 9.17) is 0 Å². The maximum atomic E-state index is 2.25. The number of halogens is 3. The second kappa shape index (κ2) is 9.89. The number of rotatable bonds is 1. The molecule has 0 unspecified atom stereocenters. The molecule has 97 valence electrons. The van der Waals surface area contributed by atoms with E-state index in [2.05, 4.69) is 57.2 Å². The van der Waals surface area contributed by atoms with Crippen molar-refractivity contribution in [3.63, 3.8) is 0 Å². The van der Waals surface area contributed by atoms with Crippen LogP contribution in [0.25, 0.3) is 11.1 Å². The molecule has 0 fully saturated rings. The van der Waals surface area contributed by atoms with Gasteiger partial charge in [0.15, 0.2) is 0 Å². The van der Waals surface area contributed by atoms with E-state index in [0.29, 0.717) is 0 Å². The SMILES string of the molecule is Cc1cccc(C)c1-c1cc[c-](C)c1.[Cl-].[Cl-].[Cl-].[V+4]. The van der Waals surface area contributed by atoms with Crippen LogP contribution in [0.1, 0.15) is 16.7 Å². The molecule has 0 atom stereocenters. The topological polar surface area (TPSA) is 0 Å². The van der Waals surface area contributed by atoms with E-state index in [9.17, 15) is 0 Å². The van der Waals surface area contributed by atoms with Gasteiger partial charge in [-0.2, -0.15) is 23.3 Å². The van der Waals surface area contributed by atoms with Crippen molar-refractivity contribution < 1.29 is 55.8 Å². The average Bonchev–Trinajstić information content (AvgIpc) is 2.51. The summed E-state index contributed by atoms with van der Waals surface area (Å²) in [6, 6.07) is 13.1. The number of hydrogen-bond donors (Lipinski definition) is 0. The molecule has 1 radical (unpaired) electrons. The zero-order valence-corrected chi connectivity index (χ0v) is 14.2. The smallest absolute Gasteiger partial charge is 1.00 e. The number of benzene rings is 1. The molecule has 2 aromatic carbocycles. The molecule has 0 amide bonds. The molecule has 0 saturated heterocycles. The molecule has 2 aromatic rings. The van der Waals surface area contributed by atoms with Gasteiger partial charge in [0.1, 0.15) is 0 Å². The molecular formula is C14H15Cl3V. The van der Waals surface area contributed by atoms with Crippen LogP contribution in [0.15, 0.2) is 36.4 Å². The predicted octanol–water partition coefficient (Wildman–Crippen LogP) is -4.99. The van der Waals surface area contributed by atoms with E-state index in [1.54, 1.807) is 0 Å². The van der Waals surface area contributed by atoms with E-state index in [1.165, 1.54) is 27.8 Å². The van der Waals surface area contributed by atoms with Crippen molar-refractivity contribution in [2.45, 2.75) is 20.8 Å². The summed E-state index contributed by atoms with van der Waals surface area (Å²) >= 11 is 0. The standard InChI is InChI=1S/C14H15.3ClH.V/c1-10-7-8-13(9-10)14-11(2)5-4-6-12(14)3;;;;/h4-9H,1-3H3;3*1H;/q-1;;;;+4/p-3. The quantitative estimate of drug-likeness (QED) is 0.456. The van der Waals surface area contributed by atoms with Gasteiger partial charge in [-0.3, -0.25) is 0 Å². The van der Waals surface area contributed by atoms with Crippen LogP contribution in [0, 0.1) is 20.8 Å². The van der Waals surface area contributed by atoms with Crippen molar-refractivity contribution in [2.24, 2.45) is 0 Å². The third kappa shape index (κ3) is 4.95. The van der Waals surface area contributed by atoms with Gasteiger partial charge in [0.2, 0.25) is 0 Å². The first-order valence-corrected chi connectivity index (χ1v) is 4.98. The largest absolute Gasteiger partial charge is 4.00 e. The van der Waals surface area contributed by atoms with Gasteiger partial charge in [-0.1, -0.05) is 41.8 Å². The van der Waals surface area contributed by atoms with E-state index in [0.717, 1.165) is 0 Å². The fourth-order valence-electron chi connectivity index (χ4n) is 1.99. The van der Waals surface area contributed by atoms with Gasteiger partial charge in [0.25, 0.3) is 0 Å². The molecule has 18 heavy (non-hydrogen) atoms. The van der Waals surface area contributed by atoms with Crippen molar-refractivity contribution in [1.29, 1.82) is 0 Å². The predicted molar refractivity (Wildman–Crippen MR) is 61.7 cm³/mol. The van der Waals surface area contributed by atoms with Crippen molar-refractivity contribution in [3.8, 4) is 11.1 Å². The molecule has 0 N–H and O–H groups in total. The first kappa shape index (κ1) is 23.1. The molecule has 0 aliphatic heterocycles. The summed E-state index contributed by atoms with van der Waals surface area (Å²) in [4.78, 5) is 0. The minimum Gasteiger partial charge on any atom is -1.00 e. The second-order valence-electron chi connectivity index (χ2n) is 3.94. The van der Waals surface area contributed by atoms with Crippen LogP contribution in [0.4, 0.5) is 0 Å². The Bertz CT molecular complexity index is 444. The van der Waals surface area contributed by atoms with Gasteiger partial charge in [-0.05, 0) is 13.8 Å². The first-order chi connectivity index (χ1) is 6.68. The molecule has 0 heterocycles. The van der Waals surface area contributed by atoms with Crippen molar-refractivity contribution >= 4 is 0 Å². The summed E-state index contributed by atoms with van der Waals surface area (Å²) in [5, 5.41) is 0. The Kier molecular flexibility index (Phi) is 12.7. The Labute approximate surface area is 140 Å². The van der Waals surface area contributed by atoms with Gasteiger partial charge < -0.3 is 37.2 Å². The maximum Gasteiger partial charge on any atom is 4.00 e. The molecule has 2 rings (SSSR count). The Hall–Kier alpha value is 0.0244. The van der Waals surface area contributed by atoms with E-state index >= 15 is 0 Å². The van der Waals surface area contributed by atoms with Crippen molar-refractivity contribution in [2.75, 3.05) is 0 Å². The van der Waals surface area contributed by atoms with E-state index in [1.807, 2.05) is 0 Å². The van der Waals surface area contributed by atoms with Crippen LogP contribution in [-0.4, -0.2) is 0 Å². The fourth-order valence-corrected chi connectivity index (χ4v) is 1.99. The van der Waals surface area contributed by atoms with Crippen molar-refractivity contribution in [1.82, 2.24) is 0 Å². The fraction of sp³-hybridized carbons (Fsp3) is 0.214. The van der Waals surface area contributed by atoms with Crippen LogP contribution in [0.3, 0.4) is 0 Å². The average molecular weight is 341 g/mol. The molecule has 0 bridgehead atoms. The summed E-state index contributed by atoms with van der Waals surface area (Å²) in [6.07, 6.45) is 0. The van der Waals surface area contributed by atoms with Gasteiger partial charge >= 0.3 is 18.6 Å². The minimum absolute atomic E-state index is 0. The number of aryl methyl sites for hydroxylation is 3. The molecule has 0 aliphatic rings. The third-order valence-electron chi connectivity index (χ3n) is 2.68. The molecule has 0 saturated carbocycles. The van der Waals surface area contributed by atoms with E-state index < -0.39 is 0 Å². The summed E-state index contributed by atoms with van der Waals surface area (Å²) < 4.78 is 0. The summed E-state index contributed by atoms with van der Waals surface area (Å²) in [5.41, 5.74) is 6.78. The normalized spacial score (nSPS) is 8.17. The van der Waals surface area contributed by atoms with Gasteiger partial charge in [0, 0.05) is 0 Å². The summed E-state index contributed by atoms with van der Waals surface area (Å²) in [7, 11) is 0. The maximum absolute atomic E-state index is 2.25. The molecule has 4 heteroatoms.